The van der Waals surface area contributed by atoms with Crippen LogP contribution in [0.4, 0.5) is 21.8 Å². The van der Waals surface area contributed by atoms with Crippen molar-refractivity contribution in [1.82, 2.24) is 25.6 Å². The molecule has 0 aliphatic carbocycles. The van der Waals surface area contributed by atoms with Crippen molar-refractivity contribution in [3.63, 3.8) is 0 Å². The van der Waals surface area contributed by atoms with Gasteiger partial charge in [-0.3, -0.25) is 4.79 Å². The molecule has 0 unspecified atom stereocenters. The van der Waals surface area contributed by atoms with E-state index in [0.29, 0.717) is 36.0 Å². The van der Waals surface area contributed by atoms with Gasteiger partial charge in [0.15, 0.2) is 11.6 Å². The molecule has 0 radical (unpaired) electrons. The van der Waals surface area contributed by atoms with Crippen molar-refractivity contribution < 1.29 is 13.9 Å². The van der Waals surface area contributed by atoms with Gasteiger partial charge in [0.2, 0.25) is 5.95 Å². The van der Waals surface area contributed by atoms with Crippen LogP contribution in [0.2, 0.25) is 0 Å². The molecule has 0 saturated heterocycles. The average molecular weight is 492 g/mol. The van der Waals surface area contributed by atoms with Crippen LogP contribution in [0.25, 0.3) is 0 Å². The first-order valence-electron chi connectivity index (χ1n) is 11.7. The predicted octanol–water partition coefficient (Wildman–Crippen LogP) is 3.57. The SMILES string of the molecule is CNC(=O)c1cc(CCc2cnc(Nc3ccc(N4C=C(C)N[C@@H](C)C4)nc3)nc2)c(F)c(OC)c1. The number of nitrogens with one attached hydrogen (secondary N) is 3. The Morgan fingerprint density at radius 1 is 1.19 bits per heavy atom. The van der Waals surface area contributed by atoms with Crippen LogP contribution in [0.1, 0.15) is 35.3 Å². The van der Waals surface area contributed by atoms with Crippen molar-refractivity contribution in [2.45, 2.75) is 32.7 Å². The molecule has 0 fully saturated rings. The number of halogens is 1. The van der Waals surface area contributed by atoms with Gasteiger partial charge in [0.25, 0.3) is 5.91 Å². The third kappa shape index (κ3) is 5.88. The van der Waals surface area contributed by atoms with Crippen LogP contribution >= 0.6 is 0 Å². The molecule has 2 aromatic heterocycles. The molecule has 1 amide bonds. The lowest BCUT2D eigenvalue weighted by molar-refractivity contribution is 0.0962. The number of hydrogen-bond acceptors (Lipinski definition) is 8. The molecule has 0 spiro atoms. The topological polar surface area (TPSA) is 104 Å². The molecule has 3 heterocycles. The fourth-order valence-electron chi connectivity index (χ4n) is 4.06. The number of aryl methyl sites for hydroxylation is 2. The van der Waals surface area contributed by atoms with Gasteiger partial charge in [-0.2, -0.15) is 0 Å². The van der Waals surface area contributed by atoms with Crippen LogP contribution in [0.5, 0.6) is 5.75 Å². The van der Waals surface area contributed by atoms with Crippen LogP contribution < -0.4 is 25.6 Å². The van der Waals surface area contributed by atoms with Gasteiger partial charge in [-0.15, -0.1) is 0 Å². The number of nitrogens with zero attached hydrogens (tertiary/aromatic N) is 4. The summed E-state index contributed by atoms with van der Waals surface area (Å²) < 4.78 is 19.8. The van der Waals surface area contributed by atoms with Crippen molar-refractivity contribution >= 4 is 23.4 Å². The Labute approximate surface area is 209 Å². The van der Waals surface area contributed by atoms with E-state index >= 15 is 0 Å². The minimum absolute atomic E-state index is 0.0409. The lowest BCUT2D eigenvalue weighted by Crippen LogP contribution is -2.41. The highest BCUT2D eigenvalue weighted by Crippen LogP contribution is 2.25. The predicted molar refractivity (Wildman–Crippen MR) is 137 cm³/mol. The Morgan fingerprint density at radius 3 is 2.61 bits per heavy atom. The molecule has 1 atom stereocenters. The van der Waals surface area contributed by atoms with Gasteiger partial charge in [-0.25, -0.2) is 19.3 Å². The summed E-state index contributed by atoms with van der Waals surface area (Å²) in [7, 11) is 2.91. The molecule has 10 heteroatoms. The number of methoxy groups -OCH3 is 1. The second-order valence-electron chi connectivity index (χ2n) is 8.69. The fraction of sp³-hybridized carbons (Fsp3) is 0.308. The first kappa shape index (κ1) is 24.9. The normalized spacial score (nSPS) is 15.1. The smallest absolute Gasteiger partial charge is 0.251 e. The van der Waals surface area contributed by atoms with Gasteiger partial charge in [-0.1, -0.05) is 0 Å². The van der Waals surface area contributed by atoms with Crippen molar-refractivity contribution in [1.29, 1.82) is 0 Å². The van der Waals surface area contributed by atoms with E-state index in [2.05, 4.69) is 42.7 Å². The van der Waals surface area contributed by atoms with E-state index in [4.69, 9.17) is 4.74 Å². The van der Waals surface area contributed by atoms with Crippen LogP contribution in [-0.2, 0) is 12.8 Å². The van der Waals surface area contributed by atoms with Crippen LogP contribution in [-0.4, -0.2) is 47.6 Å². The van der Waals surface area contributed by atoms with E-state index < -0.39 is 5.82 Å². The minimum Gasteiger partial charge on any atom is -0.494 e. The summed E-state index contributed by atoms with van der Waals surface area (Å²) in [6, 6.07) is 7.17. The molecule has 1 aliphatic heterocycles. The first-order chi connectivity index (χ1) is 17.4. The van der Waals surface area contributed by atoms with E-state index in [0.717, 1.165) is 29.3 Å². The van der Waals surface area contributed by atoms with E-state index in [9.17, 15) is 9.18 Å². The first-order valence-corrected chi connectivity index (χ1v) is 11.7. The highest BCUT2D eigenvalue weighted by atomic mass is 19.1. The zero-order valence-electron chi connectivity index (χ0n) is 20.8. The molecule has 188 valence electrons. The lowest BCUT2D eigenvalue weighted by atomic mass is 10.0. The number of allylic oxidation sites excluding steroid dienone is 1. The molecule has 0 saturated carbocycles. The third-order valence-corrected chi connectivity index (χ3v) is 5.80. The quantitative estimate of drug-likeness (QED) is 0.439. The number of carbonyl (C=O) groups is 1. The van der Waals surface area contributed by atoms with Crippen LogP contribution in [0.15, 0.2) is 54.8 Å². The Morgan fingerprint density at radius 2 is 1.97 bits per heavy atom. The maximum Gasteiger partial charge on any atom is 0.251 e. The molecule has 1 aliphatic rings. The summed E-state index contributed by atoms with van der Waals surface area (Å²) in [6.07, 6.45) is 8.07. The number of anilines is 3. The number of pyridine rings is 1. The number of aromatic nitrogens is 3. The molecule has 3 N–H and O–H groups in total. The zero-order valence-corrected chi connectivity index (χ0v) is 20.8. The van der Waals surface area contributed by atoms with Crippen LogP contribution in [0, 0.1) is 5.82 Å². The summed E-state index contributed by atoms with van der Waals surface area (Å²) in [4.78, 5) is 27.4. The van der Waals surface area contributed by atoms with E-state index in [1.807, 2.05) is 25.3 Å². The maximum absolute atomic E-state index is 14.7. The van der Waals surface area contributed by atoms with Crippen LogP contribution in [0.3, 0.4) is 0 Å². The van der Waals surface area contributed by atoms with Gasteiger partial charge in [-0.05, 0) is 62.1 Å². The van der Waals surface area contributed by atoms with Crippen molar-refractivity contribution in [3.8, 4) is 5.75 Å². The summed E-state index contributed by atoms with van der Waals surface area (Å²) in [5.74, 6) is 0.577. The Balaban J connectivity index is 1.38. The maximum atomic E-state index is 14.7. The largest absolute Gasteiger partial charge is 0.494 e. The summed E-state index contributed by atoms with van der Waals surface area (Å²) in [5.41, 5.74) is 3.46. The Kier molecular flexibility index (Phi) is 7.62. The summed E-state index contributed by atoms with van der Waals surface area (Å²) in [6.45, 7) is 5.01. The fourth-order valence-corrected chi connectivity index (χ4v) is 4.06. The molecule has 3 aromatic rings. The second kappa shape index (κ2) is 11.0. The molecule has 9 nitrogen and oxygen atoms in total. The number of rotatable bonds is 8. The number of benzene rings is 1. The number of ether oxygens (including phenoxy) is 1. The van der Waals surface area contributed by atoms with Gasteiger partial charge >= 0.3 is 0 Å². The number of carbonyl (C=O) groups excluding carboxylic acids is 1. The van der Waals surface area contributed by atoms with Crippen molar-refractivity contribution in [3.05, 3.63) is 77.3 Å². The molecular weight excluding hydrogens is 461 g/mol. The highest BCUT2D eigenvalue weighted by molar-refractivity contribution is 5.94. The molecule has 0 bridgehead atoms. The van der Waals surface area contributed by atoms with E-state index in [-0.39, 0.29) is 11.7 Å². The molecular formula is C26H30FN7O2. The monoisotopic (exact) mass is 491 g/mol. The highest BCUT2D eigenvalue weighted by Gasteiger charge is 2.17. The minimum atomic E-state index is -0.471. The standard InChI is InChI=1S/C26H30FN7O2/c1-16-14-34(15-17(2)32-16)23-8-7-21(13-29-23)33-26-30-11-18(12-31-26)5-6-19-9-20(25(35)28-3)10-22(36-4)24(19)27/h7-14,17,32H,5-6,15H2,1-4H3,(H,28,35)(H,30,31,33)/t17-/m0/s1. The Hall–Kier alpha value is -4.21. The van der Waals surface area contributed by atoms with E-state index in [1.165, 1.54) is 20.2 Å². The number of hydrogen-bond donors (Lipinski definition) is 3. The number of amides is 1. The molecule has 4 rings (SSSR count). The summed E-state index contributed by atoms with van der Waals surface area (Å²) in [5, 5.41) is 9.08. The Bertz CT molecular complexity index is 1250. The van der Waals surface area contributed by atoms with Gasteiger partial charge in [0.05, 0.1) is 19.0 Å². The van der Waals surface area contributed by atoms with Crippen molar-refractivity contribution in [2.24, 2.45) is 0 Å². The van der Waals surface area contributed by atoms with Gasteiger partial charge < -0.3 is 25.6 Å². The second-order valence-corrected chi connectivity index (χ2v) is 8.69. The summed E-state index contributed by atoms with van der Waals surface area (Å²) >= 11 is 0. The molecule has 1 aromatic carbocycles. The van der Waals surface area contributed by atoms with Crippen molar-refractivity contribution in [2.75, 3.05) is 30.9 Å². The average Bonchev–Trinajstić information content (AvgIpc) is 2.88. The third-order valence-electron chi connectivity index (χ3n) is 5.80. The van der Waals surface area contributed by atoms with Gasteiger partial charge in [0, 0.05) is 49.5 Å². The lowest BCUT2D eigenvalue weighted by Gasteiger charge is -2.30. The molecule has 36 heavy (non-hydrogen) atoms. The van der Waals surface area contributed by atoms with E-state index in [1.54, 1.807) is 24.7 Å². The zero-order chi connectivity index (χ0) is 25.7. The van der Waals surface area contributed by atoms with Gasteiger partial charge in [0.1, 0.15) is 5.82 Å².